The summed E-state index contributed by atoms with van der Waals surface area (Å²) in [5, 5.41) is 0. The summed E-state index contributed by atoms with van der Waals surface area (Å²) in [6.45, 7) is 6.37. The van der Waals surface area contributed by atoms with Gasteiger partial charge in [-0.3, -0.25) is 0 Å². The van der Waals surface area contributed by atoms with Gasteiger partial charge in [0.15, 0.2) is 0 Å². The third-order valence-electron chi connectivity index (χ3n) is 2.47. The van der Waals surface area contributed by atoms with Crippen LogP contribution in [0.5, 0.6) is 5.88 Å². The van der Waals surface area contributed by atoms with Crippen molar-refractivity contribution in [3.8, 4) is 5.88 Å². The largest absolute Gasteiger partial charge is 0.478 e. The summed E-state index contributed by atoms with van der Waals surface area (Å²) in [7, 11) is 0. The Morgan fingerprint density at radius 2 is 2.25 bits per heavy atom. The first kappa shape index (κ1) is 11.1. The maximum atomic E-state index is 5.73. The Morgan fingerprint density at radius 3 is 2.88 bits per heavy atom. The second kappa shape index (κ2) is 4.65. The van der Waals surface area contributed by atoms with Crippen molar-refractivity contribution in [1.29, 1.82) is 0 Å². The van der Waals surface area contributed by atoms with E-state index < -0.39 is 0 Å². The van der Waals surface area contributed by atoms with E-state index in [-0.39, 0.29) is 6.04 Å². The van der Waals surface area contributed by atoms with Crippen LogP contribution in [0.3, 0.4) is 0 Å². The predicted octanol–water partition coefficient (Wildman–Crippen LogP) is 0.721. The molecule has 0 aromatic carbocycles. The zero-order valence-corrected chi connectivity index (χ0v) is 9.81. The maximum absolute atomic E-state index is 5.73. The minimum Gasteiger partial charge on any atom is -0.478 e. The molecule has 0 aliphatic carbocycles. The van der Waals surface area contributed by atoms with Crippen LogP contribution < -0.4 is 15.4 Å². The standard InChI is InChI=1S/C11H18N4O/c1-3-4-16-10-5-8(2)13-11(14-10)15-6-9(12)7-15/h5,9H,3-4,6-7,12H2,1-2H3. The topological polar surface area (TPSA) is 64.3 Å². The van der Waals surface area contributed by atoms with Gasteiger partial charge in [-0.2, -0.15) is 4.98 Å². The molecule has 2 N–H and O–H groups in total. The van der Waals surface area contributed by atoms with Gasteiger partial charge in [0.05, 0.1) is 6.61 Å². The van der Waals surface area contributed by atoms with E-state index in [0.717, 1.165) is 31.2 Å². The number of nitrogens with zero attached hydrogens (tertiary/aromatic N) is 3. The Balaban J connectivity index is 2.09. The van der Waals surface area contributed by atoms with Crippen LogP contribution in [0.2, 0.25) is 0 Å². The molecule has 0 amide bonds. The second-order valence-electron chi connectivity index (χ2n) is 4.16. The molecule has 0 bridgehead atoms. The van der Waals surface area contributed by atoms with Gasteiger partial charge >= 0.3 is 0 Å². The molecule has 16 heavy (non-hydrogen) atoms. The third-order valence-corrected chi connectivity index (χ3v) is 2.47. The van der Waals surface area contributed by atoms with E-state index >= 15 is 0 Å². The van der Waals surface area contributed by atoms with Crippen molar-refractivity contribution in [2.75, 3.05) is 24.6 Å². The molecule has 2 heterocycles. The van der Waals surface area contributed by atoms with Crippen LogP contribution in [0.4, 0.5) is 5.95 Å². The third kappa shape index (κ3) is 2.41. The fraction of sp³-hybridized carbons (Fsp3) is 0.636. The van der Waals surface area contributed by atoms with Crippen LogP contribution in [0.1, 0.15) is 19.0 Å². The molecule has 1 aromatic heterocycles. The van der Waals surface area contributed by atoms with Crippen molar-refractivity contribution in [2.45, 2.75) is 26.3 Å². The van der Waals surface area contributed by atoms with Gasteiger partial charge in [-0.15, -0.1) is 0 Å². The molecular weight excluding hydrogens is 204 g/mol. The molecule has 0 atom stereocenters. The summed E-state index contributed by atoms with van der Waals surface area (Å²) < 4.78 is 5.51. The zero-order chi connectivity index (χ0) is 11.5. The van der Waals surface area contributed by atoms with E-state index in [9.17, 15) is 0 Å². The SMILES string of the molecule is CCCOc1cc(C)nc(N2CC(N)C2)n1. The van der Waals surface area contributed by atoms with E-state index in [1.807, 2.05) is 13.0 Å². The predicted molar refractivity (Wildman–Crippen MR) is 62.7 cm³/mol. The van der Waals surface area contributed by atoms with Crippen molar-refractivity contribution < 1.29 is 4.74 Å². The van der Waals surface area contributed by atoms with Crippen molar-refractivity contribution in [1.82, 2.24) is 9.97 Å². The summed E-state index contributed by atoms with van der Waals surface area (Å²) in [5.74, 6) is 1.39. The average Bonchev–Trinajstić information content (AvgIpc) is 2.21. The molecule has 0 unspecified atom stereocenters. The number of hydrogen-bond donors (Lipinski definition) is 1. The van der Waals surface area contributed by atoms with Crippen LogP contribution in [-0.4, -0.2) is 35.7 Å². The summed E-state index contributed by atoms with van der Waals surface area (Å²) >= 11 is 0. The molecule has 5 nitrogen and oxygen atoms in total. The van der Waals surface area contributed by atoms with E-state index in [1.165, 1.54) is 0 Å². The quantitative estimate of drug-likeness (QED) is 0.813. The van der Waals surface area contributed by atoms with Crippen molar-refractivity contribution in [3.05, 3.63) is 11.8 Å². The molecule has 1 aliphatic heterocycles. The summed E-state index contributed by atoms with van der Waals surface area (Å²) in [5.41, 5.74) is 6.66. The van der Waals surface area contributed by atoms with Gasteiger partial charge in [0, 0.05) is 30.9 Å². The van der Waals surface area contributed by atoms with Crippen molar-refractivity contribution >= 4 is 5.95 Å². The van der Waals surface area contributed by atoms with Gasteiger partial charge in [0.25, 0.3) is 0 Å². The number of rotatable bonds is 4. The smallest absolute Gasteiger partial charge is 0.228 e. The van der Waals surface area contributed by atoms with Gasteiger partial charge in [0.2, 0.25) is 11.8 Å². The van der Waals surface area contributed by atoms with Crippen LogP contribution >= 0.6 is 0 Å². The zero-order valence-electron chi connectivity index (χ0n) is 9.81. The minimum atomic E-state index is 0.254. The molecule has 0 saturated carbocycles. The van der Waals surface area contributed by atoms with Gasteiger partial charge in [0.1, 0.15) is 0 Å². The Kier molecular flexibility index (Phi) is 3.24. The van der Waals surface area contributed by atoms with Gasteiger partial charge in [-0.25, -0.2) is 4.98 Å². The lowest BCUT2D eigenvalue weighted by atomic mass is 10.1. The number of nitrogens with two attached hydrogens (primary N) is 1. The number of ether oxygens (including phenoxy) is 1. The first-order chi connectivity index (χ1) is 7.69. The number of hydrogen-bond acceptors (Lipinski definition) is 5. The molecule has 0 radical (unpaired) electrons. The Labute approximate surface area is 95.6 Å². The Morgan fingerprint density at radius 1 is 1.50 bits per heavy atom. The molecule has 1 saturated heterocycles. The molecule has 1 aliphatic rings. The van der Waals surface area contributed by atoms with E-state index in [1.54, 1.807) is 0 Å². The highest BCUT2D eigenvalue weighted by Gasteiger charge is 2.25. The highest BCUT2D eigenvalue weighted by Crippen LogP contribution is 2.19. The van der Waals surface area contributed by atoms with Crippen LogP contribution in [-0.2, 0) is 0 Å². The monoisotopic (exact) mass is 222 g/mol. The summed E-state index contributed by atoms with van der Waals surface area (Å²) in [6, 6.07) is 2.11. The van der Waals surface area contributed by atoms with Crippen molar-refractivity contribution in [3.63, 3.8) is 0 Å². The molecule has 88 valence electrons. The van der Waals surface area contributed by atoms with Gasteiger partial charge in [-0.1, -0.05) is 6.92 Å². The fourth-order valence-corrected chi connectivity index (χ4v) is 1.62. The second-order valence-corrected chi connectivity index (χ2v) is 4.16. The molecule has 2 rings (SSSR count). The number of aryl methyl sites for hydroxylation is 1. The van der Waals surface area contributed by atoms with Crippen LogP contribution in [0, 0.1) is 6.92 Å². The first-order valence-electron chi connectivity index (χ1n) is 5.68. The molecular formula is C11H18N4O. The Bertz CT molecular complexity index is 363. The Hall–Kier alpha value is -1.36. The highest BCUT2D eigenvalue weighted by molar-refractivity contribution is 5.38. The fourth-order valence-electron chi connectivity index (χ4n) is 1.62. The maximum Gasteiger partial charge on any atom is 0.228 e. The average molecular weight is 222 g/mol. The minimum absolute atomic E-state index is 0.254. The molecule has 1 fully saturated rings. The van der Waals surface area contributed by atoms with Gasteiger partial charge in [-0.05, 0) is 13.3 Å². The van der Waals surface area contributed by atoms with Crippen LogP contribution in [0.25, 0.3) is 0 Å². The summed E-state index contributed by atoms with van der Waals surface area (Å²) in [4.78, 5) is 10.8. The van der Waals surface area contributed by atoms with Crippen LogP contribution in [0.15, 0.2) is 6.07 Å². The lowest BCUT2D eigenvalue weighted by Crippen LogP contribution is -2.56. The lowest BCUT2D eigenvalue weighted by Gasteiger charge is -2.36. The number of aromatic nitrogens is 2. The van der Waals surface area contributed by atoms with Gasteiger partial charge < -0.3 is 15.4 Å². The van der Waals surface area contributed by atoms with E-state index in [4.69, 9.17) is 10.5 Å². The molecule has 5 heteroatoms. The number of anilines is 1. The van der Waals surface area contributed by atoms with E-state index in [0.29, 0.717) is 12.5 Å². The molecule has 0 spiro atoms. The first-order valence-corrected chi connectivity index (χ1v) is 5.68. The van der Waals surface area contributed by atoms with E-state index in [2.05, 4.69) is 21.8 Å². The summed E-state index contributed by atoms with van der Waals surface area (Å²) in [6.07, 6.45) is 0.979. The molecule has 1 aromatic rings. The lowest BCUT2D eigenvalue weighted by molar-refractivity contribution is 0.304. The normalized spacial score (nSPS) is 16.1. The van der Waals surface area contributed by atoms with Crippen molar-refractivity contribution in [2.24, 2.45) is 5.73 Å². The highest BCUT2D eigenvalue weighted by atomic mass is 16.5.